The third-order valence-electron chi connectivity index (χ3n) is 2.11. The molecule has 0 spiro atoms. The van der Waals surface area contributed by atoms with E-state index in [1.807, 2.05) is 0 Å². The summed E-state index contributed by atoms with van der Waals surface area (Å²) in [4.78, 5) is 10.7. The van der Waals surface area contributed by atoms with Crippen LogP contribution in [0.2, 0.25) is 0 Å². The van der Waals surface area contributed by atoms with Gasteiger partial charge in [-0.25, -0.2) is 0 Å². The van der Waals surface area contributed by atoms with Gasteiger partial charge in [0.25, 0.3) is 0 Å². The summed E-state index contributed by atoms with van der Waals surface area (Å²) in [6.07, 6.45) is -0.344. The predicted octanol–water partition coefficient (Wildman–Crippen LogP) is 3.12. The van der Waals surface area contributed by atoms with Gasteiger partial charge in [0.15, 0.2) is 0 Å². The number of carboxylic acids is 1. The smallest absolute Gasteiger partial charge is 0.387 e. The van der Waals surface area contributed by atoms with E-state index < -0.39 is 12.6 Å². The maximum Gasteiger partial charge on any atom is 0.387 e. The molecule has 0 aromatic heterocycles. The summed E-state index contributed by atoms with van der Waals surface area (Å²) < 4.78 is 28.8. The zero-order valence-electron chi connectivity index (χ0n) is 9.04. The van der Waals surface area contributed by atoms with E-state index in [0.29, 0.717) is 10.9 Å². The molecule has 1 aromatic carbocycles. The number of hydrogen-bond donors (Lipinski definition) is 1. The molecule has 0 aliphatic rings. The zero-order chi connectivity index (χ0) is 13.0. The lowest BCUT2D eigenvalue weighted by molar-refractivity contribution is -0.136. The molecule has 1 aromatic rings. The van der Waals surface area contributed by atoms with Gasteiger partial charge in [0.05, 0.1) is 6.42 Å². The first-order chi connectivity index (χ1) is 7.93. The Labute approximate surface area is 106 Å². The average molecular weight is 309 g/mol. The van der Waals surface area contributed by atoms with Gasteiger partial charge in [0.2, 0.25) is 0 Å². The Balaban J connectivity index is 3.18. The van der Waals surface area contributed by atoms with Crippen molar-refractivity contribution < 1.29 is 23.4 Å². The van der Waals surface area contributed by atoms with Crippen molar-refractivity contribution >= 4 is 21.9 Å². The maximum absolute atomic E-state index is 12.2. The van der Waals surface area contributed by atoms with Gasteiger partial charge in [0.1, 0.15) is 5.75 Å². The lowest BCUT2D eigenvalue weighted by atomic mass is 10.0. The number of benzene rings is 1. The quantitative estimate of drug-likeness (QED) is 0.850. The van der Waals surface area contributed by atoms with Gasteiger partial charge in [-0.2, -0.15) is 8.78 Å². The number of carboxylic acid groups (broad SMARTS) is 1. The fraction of sp³-hybridized carbons (Fsp3) is 0.364. The normalized spacial score (nSPS) is 10.6. The van der Waals surface area contributed by atoms with Gasteiger partial charge in [-0.15, -0.1) is 0 Å². The molecule has 0 bridgehead atoms. The topological polar surface area (TPSA) is 46.5 Å². The van der Waals surface area contributed by atoms with Gasteiger partial charge >= 0.3 is 12.6 Å². The van der Waals surface area contributed by atoms with Crippen LogP contribution in [0.3, 0.4) is 0 Å². The number of ether oxygens (including phenoxy) is 1. The molecule has 0 aliphatic carbocycles. The third-order valence-corrected chi connectivity index (χ3v) is 2.76. The van der Waals surface area contributed by atoms with Crippen LogP contribution in [-0.2, 0) is 16.5 Å². The monoisotopic (exact) mass is 308 g/mol. The summed E-state index contributed by atoms with van der Waals surface area (Å²) in [7, 11) is 0. The molecule has 0 unspecified atom stereocenters. The van der Waals surface area contributed by atoms with Crippen molar-refractivity contribution in [2.75, 3.05) is 0 Å². The summed E-state index contributed by atoms with van der Waals surface area (Å²) >= 11 is 3.23. The van der Waals surface area contributed by atoms with Crippen LogP contribution >= 0.6 is 15.9 Å². The second kappa shape index (κ2) is 5.95. The Morgan fingerprint density at radius 3 is 2.65 bits per heavy atom. The molecule has 94 valence electrons. The van der Waals surface area contributed by atoms with Crippen LogP contribution in [0.1, 0.15) is 16.7 Å². The first kappa shape index (κ1) is 13.9. The zero-order valence-corrected chi connectivity index (χ0v) is 10.6. The Bertz CT molecular complexity index is 421. The maximum atomic E-state index is 12.2. The summed E-state index contributed by atoms with van der Waals surface area (Å²) in [6, 6.07) is 3.23. The van der Waals surface area contributed by atoms with Gasteiger partial charge < -0.3 is 9.84 Å². The van der Waals surface area contributed by atoms with Crippen molar-refractivity contribution in [1.82, 2.24) is 0 Å². The molecule has 0 amide bonds. The van der Waals surface area contributed by atoms with Crippen LogP contribution in [0.25, 0.3) is 0 Å². The minimum atomic E-state index is -2.96. The Morgan fingerprint density at radius 2 is 2.18 bits per heavy atom. The lowest BCUT2D eigenvalue weighted by Crippen LogP contribution is -2.09. The van der Waals surface area contributed by atoms with Crippen molar-refractivity contribution in [1.29, 1.82) is 0 Å². The van der Waals surface area contributed by atoms with Crippen LogP contribution in [-0.4, -0.2) is 17.7 Å². The summed E-state index contributed by atoms with van der Waals surface area (Å²) in [5.74, 6) is -1.14. The van der Waals surface area contributed by atoms with Crippen molar-refractivity contribution in [3.8, 4) is 5.75 Å². The molecule has 0 fully saturated rings. The standard InChI is InChI=1S/C11H11BrF2O3/c1-6-2-7(5-12)3-8(4-9(15)16)10(6)17-11(13)14/h2-3,11H,4-5H2,1H3,(H,15,16). The van der Waals surface area contributed by atoms with E-state index in [1.165, 1.54) is 0 Å². The molecule has 1 rings (SSSR count). The fourth-order valence-electron chi connectivity index (χ4n) is 1.56. The van der Waals surface area contributed by atoms with Crippen molar-refractivity contribution in [3.05, 3.63) is 28.8 Å². The van der Waals surface area contributed by atoms with E-state index in [2.05, 4.69) is 20.7 Å². The summed E-state index contributed by atoms with van der Waals surface area (Å²) in [5.41, 5.74) is 1.58. The second-order valence-corrected chi connectivity index (χ2v) is 4.04. The lowest BCUT2D eigenvalue weighted by Gasteiger charge is -2.14. The van der Waals surface area contributed by atoms with E-state index in [-0.39, 0.29) is 17.7 Å². The molecular weight excluding hydrogens is 298 g/mol. The molecule has 6 heteroatoms. The number of hydrogen-bond acceptors (Lipinski definition) is 2. The average Bonchev–Trinajstić information content (AvgIpc) is 2.21. The van der Waals surface area contributed by atoms with Crippen LogP contribution in [0.15, 0.2) is 12.1 Å². The van der Waals surface area contributed by atoms with E-state index in [9.17, 15) is 13.6 Å². The van der Waals surface area contributed by atoms with Crippen molar-refractivity contribution in [2.45, 2.75) is 25.3 Å². The molecule has 0 saturated heterocycles. The highest BCUT2D eigenvalue weighted by Crippen LogP contribution is 2.28. The third kappa shape index (κ3) is 3.96. The molecule has 0 heterocycles. The first-order valence-corrected chi connectivity index (χ1v) is 5.91. The predicted molar refractivity (Wildman–Crippen MR) is 61.8 cm³/mol. The summed E-state index contributed by atoms with van der Waals surface area (Å²) in [6.45, 7) is -1.36. The molecule has 1 N–H and O–H groups in total. The van der Waals surface area contributed by atoms with Gasteiger partial charge in [0, 0.05) is 10.9 Å². The Hall–Kier alpha value is -1.17. The van der Waals surface area contributed by atoms with E-state index >= 15 is 0 Å². The minimum absolute atomic E-state index is 0.0490. The fourth-order valence-corrected chi connectivity index (χ4v) is 1.88. The van der Waals surface area contributed by atoms with E-state index in [4.69, 9.17) is 5.11 Å². The number of halogens is 3. The van der Waals surface area contributed by atoms with Crippen LogP contribution in [0.5, 0.6) is 5.75 Å². The molecule has 3 nitrogen and oxygen atoms in total. The number of aliphatic carboxylic acids is 1. The molecule has 0 saturated carbocycles. The molecule has 0 atom stereocenters. The van der Waals surface area contributed by atoms with Gasteiger partial charge in [-0.05, 0) is 18.1 Å². The van der Waals surface area contributed by atoms with Crippen molar-refractivity contribution in [3.63, 3.8) is 0 Å². The van der Waals surface area contributed by atoms with Crippen LogP contribution in [0.4, 0.5) is 8.78 Å². The molecular formula is C11H11BrF2O3. The first-order valence-electron chi connectivity index (χ1n) is 4.79. The number of carbonyl (C=O) groups is 1. The van der Waals surface area contributed by atoms with Crippen LogP contribution < -0.4 is 4.74 Å². The minimum Gasteiger partial charge on any atom is -0.481 e. The van der Waals surface area contributed by atoms with Crippen molar-refractivity contribution in [2.24, 2.45) is 0 Å². The molecule has 17 heavy (non-hydrogen) atoms. The van der Waals surface area contributed by atoms with Crippen LogP contribution in [0, 0.1) is 6.92 Å². The van der Waals surface area contributed by atoms with Gasteiger partial charge in [-0.3, -0.25) is 4.79 Å². The number of aryl methyl sites for hydroxylation is 1. The summed E-state index contributed by atoms with van der Waals surface area (Å²) in [5, 5.41) is 9.25. The highest BCUT2D eigenvalue weighted by atomic mass is 79.9. The van der Waals surface area contributed by atoms with E-state index in [1.54, 1.807) is 19.1 Å². The highest BCUT2D eigenvalue weighted by molar-refractivity contribution is 9.08. The Morgan fingerprint density at radius 1 is 1.53 bits per heavy atom. The van der Waals surface area contributed by atoms with Gasteiger partial charge in [-0.1, -0.05) is 28.1 Å². The SMILES string of the molecule is Cc1cc(CBr)cc(CC(=O)O)c1OC(F)F. The molecule has 0 radical (unpaired) electrons. The van der Waals surface area contributed by atoms with E-state index in [0.717, 1.165) is 5.56 Å². The number of alkyl halides is 3. The molecule has 0 aliphatic heterocycles. The Kier molecular flexibility index (Phi) is 4.86. The number of rotatable bonds is 5. The highest BCUT2D eigenvalue weighted by Gasteiger charge is 2.15. The second-order valence-electron chi connectivity index (χ2n) is 3.48. The largest absolute Gasteiger partial charge is 0.481 e.